The third-order valence-electron chi connectivity index (χ3n) is 7.97. The third-order valence-corrected chi connectivity index (χ3v) is 7.97. The number of benzene rings is 1. The molecule has 4 aromatic rings. The molecule has 2 aliphatic heterocycles. The monoisotopic (exact) mass is 605 g/mol. The number of nitrogens with zero attached hydrogens (tertiary/aromatic N) is 3. The molecule has 5 heterocycles. The summed E-state index contributed by atoms with van der Waals surface area (Å²) in [7, 11) is 0. The summed E-state index contributed by atoms with van der Waals surface area (Å²) in [5.41, 5.74) is 4.09. The Kier molecular flexibility index (Phi) is 7.54. The van der Waals surface area contributed by atoms with Crippen LogP contribution >= 0.6 is 0 Å². The predicted molar refractivity (Wildman–Crippen MR) is 145 cm³/mol. The van der Waals surface area contributed by atoms with Gasteiger partial charge in [0.2, 0.25) is 0 Å². The lowest BCUT2D eigenvalue weighted by Crippen LogP contribution is -3.00. The van der Waals surface area contributed by atoms with Gasteiger partial charge in [-0.15, -0.1) is 0 Å². The van der Waals surface area contributed by atoms with Crippen LogP contribution in [0.4, 0.5) is 0 Å². The lowest BCUT2D eigenvalue weighted by molar-refractivity contribution is -0.697. The first-order valence-corrected chi connectivity index (χ1v) is 13.5. The molecule has 0 saturated heterocycles. The molecule has 0 fully saturated rings. The largest absolute Gasteiger partial charge is 1.00 e. The van der Waals surface area contributed by atoms with Crippen LogP contribution in [0.15, 0.2) is 53.6 Å². The molecule has 0 amide bonds. The molecule has 0 spiro atoms. The average Bonchev–Trinajstić information content (AvgIpc) is 3.30. The number of aliphatic hydroxyl groups is 1. The van der Waals surface area contributed by atoms with Gasteiger partial charge in [0.15, 0.2) is 24.5 Å². The fourth-order valence-corrected chi connectivity index (χ4v) is 5.86. The number of cyclic esters (lactones) is 1. The second-order valence-electron chi connectivity index (χ2n) is 10.4. The zero-order valence-electron chi connectivity index (χ0n) is 22.9. The zero-order valence-corrected chi connectivity index (χ0v) is 24.5. The van der Waals surface area contributed by atoms with E-state index >= 15 is 0 Å². The number of rotatable bonds is 7. The van der Waals surface area contributed by atoms with Crippen LogP contribution in [-0.4, -0.2) is 27.2 Å². The van der Waals surface area contributed by atoms with Crippen molar-refractivity contribution in [2.45, 2.75) is 65.3 Å². The SMILES string of the molecule is CCc1c2c(nc3ccc(OCCC[n+]4cccc(C)c4)cc13)-c1cc3c(c(=O)n1C2)COC(=O)[C@]3(O)CC.[Br-]. The second kappa shape index (κ2) is 10.8. The molecule has 0 aliphatic carbocycles. The number of carbonyl (C=O) groups is 1. The lowest BCUT2D eigenvalue weighted by Gasteiger charge is -2.31. The average molecular weight is 607 g/mol. The highest BCUT2D eigenvalue weighted by Gasteiger charge is 2.45. The summed E-state index contributed by atoms with van der Waals surface area (Å²) < 4.78 is 15.1. The minimum absolute atomic E-state index is 0. The second-order valence-corrected chi connectivity index (χ2v) is 10.4. The van der Waals surface area contributed by atoms with Crippen LogP contribution in [0.3, 0.4) is 0 Å². The van der Waals surface area contributed by atoms with Crippen LogP contribution in [0.1, 0.15) is 54.5 Å². The van der Waals surface area contributed by atoms with Gasteiger partial charge in [-0.05, 0) is 55.7 Å². The normalized spacial score (nSPS) is 17.1. The standard InChI is InChI=1S/C31H32N3O5.BrH/c1-4-21-22-14-20(38-13-7-12-33-11-6-8-19(3)16-33)9-10-26(22)32-28-23(21)17-34-27(28)15-25-24(29(34)35)18-39-30(36)31(25,37)5-2;/h6,8-11,14-16,37H,4-5,7,12-13,17-18H2,1-3H3;1H/q+1;/p-1/t31-;/m0./s1. The predicted octanol–water partition coefficient (Wildman–Crippen LogP) is 0.711. The van der Waals surface area contributed by atoms with E-state index in [9.17, 15) is 14.7 Å². The number of pyridine rings is 3. The first-order chi connectivity index (χ1) is 18.8. The maximum atomic E-state index is 13.5. The number of fused-ring (bicyclic) bond motifs is 5. The molecule has 1 aromatic carbocycles. The van der Waals surface area contributed by atoms with Gasteiger partial charge in [-0.25, -0.2) is 14.3 Å². The Bertz CT molecular complexity index is 1700. The molecule has 0 unspecified atom stereocenters. The molecule has 0 bridgehead atoms. The summed E-state index contributed by atoms with van der Waals surface area (Å²) in [5, 5.41) is 12.1. The van der Waals surface area contributed by atoms with Crippen molar-refractivity contribution < 1.29 is 40.9 Å². The number of hydrogen-bond donors (Lipinski definition) is 1. The van der Waals surface area contributed by atoms with Crippen molar-refractivity contribution >= 4 is 16.9 Å². The van der Waals surface area contributed by atoms with E-state index in [1.165, 1.54) is 5.56 Å². The molecule has 0 radical (unpaired) electrons. The first-order valence-electron chi connectivity index (χ1n) is 13.5. The smallest absolute Gasteiger partial charge is 0.343 e. The topological polar surface area (TPSA) is 94.5 Å². The maximum Gasteiger partial charge on any atom is 0.343 e. The summed E-state index contributed by atoms with van der Waals surface area (Å²) in [6.45, 7) is 7.62. The Balaban J connectivity index is 0.00000323. The van der Waals surface area contributed by atoms with Gasteiger partial charge < -0.3 is 36.1 Å². The Morgan fingerprint density at radius 1 is 1.18 bits per heavy atom. The van der Waals surface area contributed by atoms with Gasteiger partial charge in [0.1, 0.15) is 12.4 Å². The lowest BCUT2D eigenvalue weighted by atomic mass is 9.86. The highest BCUT2D eigenvalue weighted by Crippen LogP contribution is 2.40. The van der Waals surface area contributed by atoms with Crippen molar-refractivity contribution in [1.82, 2.24) is 9.55 Å². The fraction of sp³-hybridized carbons (Fsp3) is 0.355. The fourth-order valence-electron chi connectivity index (χ4n) is 5.86. The molecular weight excluding hydrogens is 574 g/mol. The van der Waals surface area contributed by atoms with E-state index in [0.717, 1.165) is 52.9 Å². The van der Waals surface area contributed by atoms with Crippen LogP contribution < -0.4 is 31.8 Å². The summed E-state index contributed by atoms with van der Waals surface area (Å²) >= 11 is 0. The van der Waals surface area contributed by atoms with Crippen LogP contribution in [0.2, 0.25) is 0 Å². The summed E-state index contributed by atoms with van der Waals surface area (Å²) in [6, 6.07) is 11.8. The molecule has 208 valence electrons. The van der Waals surface area contributed by atoms with E-state index in [1.54, 1.807) is 17.6 Å². The van der Waals surface area contributed by atoms with Gasteiger partial charge in [-0.2, -0.15) is 0 Å². The quantitative estimate of drug-likeness (QED) is 0.167. The van der Waals surface area contributed by atoms with Crippen molar-refractivity contribution in [2.24, 2.45) is 0 Å². The number of carbonyl (C=O) groups excluding carboxylic acids is 1. The van der Waals surface area contributed by atoms with E-state index in [-0.39, 0.29) is 35.6 Å². The van der Waals surface area contributed by atoms with E-state index in [2.05, 4.69) is 42.9 Å². The Hall–Kier alpha value is -3.56. The Morgan fingerprint density at radius 3 is 2.75 bits per heavy atom. The number of ether oxygens (including phenoxy) is 2. The molecule has 1 N–H and O–H groups in total. The van der Waals surface area contributed by atoms with E-state index in [0.29, 0.717) is 30.0 Å². The van der Waals surface area contributed by atoms with Gasteiger partial charge in [0.05, 0.1) is 35.6 Å². The molecule has 3 aromatic heterocycles. The Labute approximate surface area is 243 Å². The van der Waals surface area contributed by atoms with E-state index in [4.69, 9.17) is 14.5 Å². The third kappa shape index (κ3) is 4.51. The highest BCUT2D eigenvalue weighted by molar-refractivity contribution is 5.90. The number of aromatic nitrogens is 3. The Morgan fingerprint density at radius 2 is 2.00 bits per heavy atom. The summed E-state index contributed by atoms with van der Waals surface area (Å²) in [5.74, 6) is 0.0748. The van der Waals surface area contributed by atoms with Crippen molar-refractivity contribution in [2.75, 3.05) is 6.61 Å². The van der Waals surface area contributed by atoms with Crippen molar-refractivity contribution in [3.8, 4) is 17.1 Å². The number of esters is 1. The van der Waals surface area contributed by atoms with Gasteiger partial charge >= 0.3 is 5.97 Å². The molecule has 9 heteroatoms. The minimum Gasteiger partial charge on any atom is -1.00 e. The van der Waals surface area contributed by atoms with Crippen LogP contribution in [0, 0.1) is 6.92 Å². The van der Waals surface area contributed by atoms with Crippen LogP contribution in [-0.2, 0) is 41.2 Å². The van der Waals surface area contributed by atoms with Gasteiger partial charge in [0, 0.05) is 34.6 Å². The molecule has 8 nitrogen and oxygen atoms in total. The molecular formula is C31H32BrN3O5. The van der Waals surface area contributed by atoms with Crippen molar-refractivity contribution in [1.29, 1.82) is 0 Å². The summed E-state index contributed by atoms with van der Waals surface area (Å²) in [4.78, 5) is 30.9. The van der Waals surface area contributed by atoms with Crippen LogP contribution in [0.5, 0.6) is 5.75 Å². The number of halogens is 1. The van der Waals surface area contributed by atoms with Gasteiger partial charge in [-0.3, -0.25) is 4.79 Å². The number of hydrogen-bond acceptors (Lipinski definition) is 6. The zero-order chi connectivity index (χ0) is 27.3. The van der Waals surface area contributed by atoms with Crippen molar-refractivity contribution in [3.05, 3.63) is 87.0 Å². The summed E-state index contributed by atoms with van der Waals surface area (Å²) in [6.07, 6.45) is 5.96. The highest BCUT2D eigenvalue weighted by atomic mass is 79.9. The molecule has 40 heavy (non-hydrogen) atoms. The van der Waals surface area contributed by atoms with Crippen molar-refractivity contribution in [3.63, 3.8) is 0 Å². The first kappa shape index (κ1) is 28.0. The molecule has 6 rings (SSSR count). The van der Waals surface area contributed by atoms with E-state index < -0.39 is 11.6 Å². The van der Waals surface area contributed by atoms with Gasteiger partial charge in [-0.1, -0.05) is 13.8 Å². The molecule has 2 aliphatic rings. The van der Waals surface area contributed by atoms with Crippen LogP contribution in [0.25, 0.3) is 22.3 Å². The molecule has 0 saturated carbocycles. The maximum absolute atomic E-state index is 13.5. The van der Waals surface area contributed by atoms with E-state index in [1.807, 2.05) is 18.2 Å². The molecule has 1 atom stereocenters. The number of aryl methyl sites for hydroxylation is 3. The van der Waals surface area contributed by atoms with Gasteiger partial charge in [0.25, 0.3) is 5.56 Å². The minimum atomic E-state index is -1.83.